The lowest BCUT2D eigenvalue weighted by Gasteiger charge is -2.07. The van der Waals surface area contributed by atoms with Crippen LogP contribution in [0.5, 0.6) is 0 Å². The zero-order chi connectivity index (χ0) is 16.5. The highest BCUT2D eigenvalue weighted by Crippen LogP contribution is 2.05. The minimum absolute atomic E-state index is 0.251. The molecule has 1 amide bonds. The quantitative estimate of drug-likeness (QED) is 0.829. The molecule has 23 heavy (non-hydrogen) atoms. The topological polar surface area (TPSA) is 79.2 Å². The smallest absolute Gasteiger partial charge is 0.338 e. The van der Waals surface area contributed by atoms with Gasteiger partial charge in [-0.2, -0.15) is 5.26 Å². The predicted octanol–water partition coefficient (Wildman–Crippen LogP) is 2.07. The van der Waals surface area contributed by atoms with Crippen LogP contribution in [0.3, 0.4) is 0 Å². The van der Waals surface area contributed by atoms with E-state index in [9.17, 15) is 9.59 Å². The van der Waals surface area contributed by atoms with Crippen LogP contribution in [0.15, 0.2) is 54.6 Å². The fraction of sp³-hybridized carbons (Fsp3) is 0.167. The van der Waals surface area contributed by atoms with Gasteiger partial charge >= 0.3 is 5.97 Å². The summed E-state index contributed by atoms with van der Waals surface area (Å²) in [6, 6.07) is 17.9. The number of rotatable bonds is 6. The molecular weight excluding hydrogens is 292 g/mol. The molecule has 116 valence electrons. The molecule has 2 aromatic rings. The van der Waals surface area contributed by atoms with Gasteiger partial charge in [0.15, 0.2) is 6.61 Å². The van der Waals surface area contributed by atoms with Gasteiger partial charge in [-0.05, 0) is 30.2 Å². The van der Waals surface area contributed by atoms with Crippen molar-refractivity contribution in [1.29, 1.82) is 5.26 Å². The number of nitrogens with zero attached hydrogens (tertiary/aromatic N) is 1. The lowest BCUT2D eigenvalue weighted by atomic mass is 10.1. The Morgan fingerprint density at radius 2 is 1.87 bits per heavy atom. The number of carbonyl (C=O) groups excluding carboxylic acids is 2. The standard InChI is InChI=1S/C18H16N2O3/c19-12-15-7-4-8-16(11-15)18(22)23-13-17(21)20-10-9-14-5-2-1-3-6-14/h1-8,11H,9-10,13H2,(H,20,21). The molecule has 0 saturated heterocycles. The number of carbonyl (C=O) groups is 2. The second-order valence-corrected chi connectivity index (χ2v) is 4.85. The van der Waals surface area contributed by atoms with Gasteiger partial charge in [0, 0.05) is 6.54 Å². The summed E-state index contributed by atoms with van der Waals surface area (Å²) in [4.78, 5) is 23.5. The van der Waals surface area contributed by atoms with Crippen molar-refractivity contribution in [3.63, 3.8) is 0 Å². The molecule has 0 unspecified atom stereocenters. The van der Waals surface area contributed by atoms with Crippen LogP contribution in [0.25, 0.3) is 0 Å². The maximum atomic E-state index is 11.8. The highest BCUT2D eigenvalue weighted by Gasteiger charge is 2.10. The Kier molecular flexibility index (Phi) is 5.89. The monoisotopic (exact) mass is 308 g/mol. The van der Waals surface area contributed by atoms with Gasteiger partial charge < -0.3 is 10.1 Å². The van der Waals surface area contributed by atoms with Crippen LogP contribution >= 0.6 is 0 Å². The Bertz CT molecular complexity index is 721. The van der Waals surface area contributed by atoms with Crippen LogP contribution < -0.4 is 5.32 Å². The van der Waals surface area contributed by atoms with E-state index in [1.54, 1.807) is 12.1 Å². The summed E-state index contributed by atoms with van der Waals surface area (Å²) >= 11 is 0. The zero-order valence-electron chi connectivity index (χ0n) is 12.5. The first-order valence-corrected chi connectivity index (χ1v) is 7.17. The van der Waals surface area contributed by atoms with E-state index in [0.717, 1.165) is 5.56 Å². The van der Waals surface area contributed by atoms with Crippen molar-refractivity contribution < 1.29 is 14.3 Å². The normalized spacial score (nSPS) is 9.70. The third-order valence-corrected chi connectivity index (χ3v) is 3.14. The van der Waals surface area contributed by atoms with Crippen LogP contribution in [0.2, 0.25) is 0 Å². The van der Waals surface area contributed by atoms with Crippen LogP contribution in [0.1, 0.15) is 21.5 Å². The first-order chi connectivity index (χ1) is 11.2. The number of nitrogens with one attached hydrogen (secondary N) is 1. The molecule has 0 aromatic heterocycles. The van der Waals surface area contributed by atoms with Gasteiger partial charge in [-0.3, -0.25) is 4.79 Å². The molecule has 0 heterocycles. The van der Waals surface area contributed by atoms with Gasteiger partial charge in [0.2, 0.25) is 0 Å². The number of hydrogen-bond donors (Lipinski definition) is 1. The molecule has 2 rings (SSSR count). The third kappa shape index (κ3) is 5.29. The van der Waals surface area contributed by atoms with E-state index >= 15 is 0 Å². The summed E-state index contributed by atoms with van der Waals surface area (Å²) in [6.07, 6.45) is 0.713. The summed E-state index contributed by atoms with van der Waals surface area (Å²) < 4.78 is 4.93. The number of hydrogen-bond acceptors (Lipinski definition) is 4. The van der Waals surface area contributed by atoms with E-state index in [1.165, 1.54) is 12.1 Å². The summed E-state index contributed by atoms with van der Waals surface area (Å²) in [6.45, 7) is 0.134. The lowest BCUT2D eigenvalue weighted by Crippen LogP contribution is -2.30. The molecule has 0 saturated carbocycles. The van der Waals surface area contributed by atoms with Crippen molar-refractivity contribution >= 4 is 11.9 Å². The van der Waals surface area contributed by atoms with Crippen molar-refractivity contribution in [2.45, 2.75) is 6.42 Å². The molecule has 0 aliphatic rings. The largest absolute Gasteiger partial charge is 0.452 e. The maximum Gasteiger partial charge on any atom is 0.338 e. The Hall–Kier alpha value is -3.13. The molecule has 5 heteroatoms. The number of nitriles is 1. The van der Waals surface area contributed by atoms with Crippen molar-refractivity contribution in [3.05, 3.63) is 71.3 Å². The molecule has 1 N–H and O–H groups in total. The van der Waals surface area contributed by atoms with Crippen LogP contribution in [0, 0.1) is 11.3 Å². The minimum Gasteiger partial charge on any atom is -0.452 e. The second kappa shape index (κ2) is 8.35. The third-order valence-electron chi connectivity index (χ3n) is 3.14. The minimum atomic E-state index is -0.625. The van der Waals surface area contributed by atoms with Gasteiger partial charge in [0.05, 0.1) is 17.2 Å². The number of benzene rings is 2. The number of esters is 1. The molecule has 0 aliphatic heterocycles. The average molecular weight is 308 g/mol. The molecule has 0 spiro atoms. The lowest BCUT2D eigenvalue weighted by molar-refractivity contribution is -0.124. The van der Waals surface area contributed by atoms with Crippen molar-refractivity contribution in [2.24, 2.45) is 0 Å². The fourth-order valence-corrected chi connectivity index (χ4v) is 1.97. The van der Waals surface area contributed by atoms with E-state index in [0.29, 0.717) is 18.5 Å². The van der Waals surface area contributed by atoms with E-state index in [-0.39, 0.29) is 18.1 Å². The number of ether oxygens (including phenoxy) is 1. The van der Waals surface area contributed by atoms with Gasteiger partial charge in [-0.25, -0.2) is 4.79 Å². The maximum absolute atomic E-state index is 11.8. The predicted molar refractivity (Wildman–Crippen MR) is 84.6 cm³/mol. The van der Waals surface area contributed by atoms with E-state index in [2.05, 4.69) is 5.32 Å². The van der Waals surface area contributed by atoms with Crippen molar-refractivity contribution in [2.75, 3.05) is 13.2 Å². The zero-order valence-corrected chi connectivity index (χ0v) is 12.5. The van der Waals surface area contributed by atoms with Gasteiger partial charge in [0.25, 0.3) is 5.91 Å². The summed E-state index contributed by atoms with van der Waals surface area (Å²) in [5.41, 5.74) is 1.74. The fourth-order valence-electron chi connectivity index (χ4n) is 1.97. The summed E-state index contributed by atoms with van der Waals surface area (Å²) in [7, 11) is 0. The highest BCUT2D eigenvalue weighted by molar-refractivity contribution is 5.91. The molecule has 0 fully saturated rings. The molecule has 0 aliphatic carbocycles. The first-order valence-electron chi connectivity index (χ1n) is 7.17. The SMILES string of the molecule is N#Cc1cccc(C(=O)OCC(=O)NCCc2ccccc2)c1. The Labute approximate surface area is 134 Å². The van der Waals surface area contributed by atoms with Crippen LogP contribution in [-0.2, 0) is 16.0 Å². The highest BCUT2D eigenvalue weighted by atomic mass is 16.5. The Balaban J connectivity index is 1.73. The van der Waals surface area contributed by atoms with Crippen molar-refractivity contribution in [3.8, 4) is 6.07 Å². The summed E-state index contributed by atoms with van der Waals surface area (Å²) in [5.74, 6) is -0.981. The van der Waals surface area contributed by atoms with Gasteiger partial charge in [-0.1, -0.05) is 36.4 Å². The Morgan fingerprint density at radius 1 is 1.09 bits per heavy atom. The van der Waals surface area contributed by atoms with Gasteiger partial charge in [0.1, 0.15) is 0 Å². The van der Waals surface area contributed by atoms with E-state index in [1.807, 2.05) is 36.4 Å². The Morgan fingerprint density at radius 3 is 2.61 bits per heavy atom. The molecule has 5 nitrogen and oxygen atoms in total. The molecule has 0 atom stereocenters. The molecule has 2 aromatic carbocycles. The molecular formula is C18H16N2O3. The van der Waals surface area contributed by atoms with E-state index < -0.39 is 5.97 Å². The molecule has 0 radical (unpaired) electrons. The second-order valence-electron chi connectivity index (χ2n) is 4.85. The van der Waals surface area contributed by atoms with E-state index in [4.69, 9.17) is 10.00 Å². The first kappa shape index (κ1) is 16.2. The number of amides is 1. The van der Waals surface area contributed by atoms with Crippen LogP contribution in [-0.4, -0.2) is 25.0 Å². The van der Waals surface area contributed by atoms with Crippen molar-refractivity contribution in [1.82, 2.24) is 5.32 Å². The van der Waals surface area contributed by atoms with Crippen LogP contribution in [0.4, 0.5) is 0 Å². The summed E-state index contributed by atoms with van der Waals surface area (Å²) in [5, 5.41) is 11.5. The van der Waals surface area contributed by atoms with Gasteiger partial charge in [-0.15, -0.1) is 0 Å². The molecule has 0 bridgehead atoms. The average Bonchev–Trinajstić information content (AvgIpc) is 2.60.